The lowest BCUT2D eigenvalue weighted by atomic mass is 9.88. The molecule has 4 rings (SSSR count). The van der Waals surface area contributed by atoms with Gasteiger partial charge < -0.3 is 21.3 Å². The van der Waals surface area contributed by atoms with E-state index in [1.54, 1.807) is 6.20 Å². The molecule has 1 aliphatic heterocycles. The highest BCUT2D eigenvalue weighted by Crippen LogP contribution is 2.27. The van der Waals surface area contributed by atoms with Crippen molar-refractivity contribution in [2.45, 2.75) is 52.7 Å². The molecule has 0 radical (unpaired) electrons. The van der Waals surface area contributed by atoms with Gasteiger partial charge in [-0.25, -0.2) is 15.0 Å². The molecule has 8 heteroatoms. The van der Waals surface area contributed by atoms with Crippen LogP contribution in [-0.2, 0) is 6.54 Å². The van der Waals surface area contributed by atoms with Crippen molar-refractivity contribution < 1.29 is 0 Å². The number of anilines is 3. The van der Waals surface area contributed by atoms with E-state index in [0.717, 1.165) is 53.2 Å². The Kier molecular flexibility index (Phi) is 6.17. The van der Waals surface area contributed by atoms with Crippen LogP contribution in [0.25, 0.3) is 10.3 Å². The van der Waals surface area contributed by atoms with Crippen LogP contribution >= 0.6 is 11.3 Å². The number of pyridine rings is 2. The van der Waals surface area contributed by atoms with E-state index in [4.69, 9.17) is 4.98 Å². The molecule has 7 nitrogen and oxygen atoms in total. The van der Waals surface area contributed by atoms with Gasteiger partial charge in [-0.15, -0.1) is 0 Å². The smallest absolute Gasteiger partial charge is 0.190 e. The van der Waals surface area contributed by atoms with Crippen LogP contribution < -0.4 is 21.3 Å². The minimum atomic E-state index is 0.207. The lowest BCUT2D eigenvalue weighted by molar-refractivity contribution is 0.285. The van der Waals surface area contributed by atoms with Crippen molar-refractivity contribution in [1.29, 1.82) is 0 Å². The minimum Gasteiger partial charge on any atom is -0.366 e. The number of nitrogens with one attached hydrogen (secondary N) is 4. The number of nitrogens with zero attached hydrogens (tertiary/aromatic N) is 3. The molecule has 0 saturated carbocycles. The van der Waals surface area contributed by atoms with Crippen LogP contribution in [0.4, 0.5) is 16.8 Å². The van der Waals surface area contributed by atoms with Gasteiger partial charge in [-0.05, 0) is 55.1 Å². The van der Waals surface area contributed by atoms with Crippen molar-refractivity contribution in [3.05, 3.63) is 36.0 Å². The molecule has 1 fully saturated rings. The van der Waals surface area contributed by atoms with Gasteiger partial charge in [0.05, 0.1) is 0 Å². The number of rotatable bonds is 7. The summed E-state index contributed by atoms with van der Waals surface area (Å²) in [6.45, 7) is 11.8. The van der Waals surface area contributed by atoms with Crippen molar-refractivity contribution in [3.63, 3.8) is 0 Å². The van der Waals surface area contributed by atoms with Crippen molar-refractivity contribution in [1.82, 2.24) is 25.6 Å². The summed E-state index contributed by atoms with van der Waals surface area (Å²) in [5, 5.41) is 14.8. The normalized spacial score (nSPS) is 17.9. The maximum Gasteiger partial charge on any atom is 0.190 e. The van der Waals surface area contributed by atoms with Gasteiger partial charge in [0.15, 0.2) is 5.13 Å². The van der Waals surface area contributed by atoms with E-state index >= 15 is 0 Å². The van der Waals surface area contributed by atoms with Crippen LogP contribution in [0.5, 0.6) is 0 Å². The van der Waals surface area contributed by atoms with E-state index in [2.05, 4.69) is 71.1 Å². The number of hydrogen-bond donors (Lipinski definition) is 4. The number of thiazole rings is 1. The molecule has 4 N–H and O–H groups in total. The Morgan fingerprint density at radius 3 is 2.80 bits per heavy atom. The highest BCUT2D eigenvalue weighted by atomic mass is 32.1. The molecule has 160 valence electrons. The summed E-state index contributed by atoms with van der Waals surface area (Å²) in [5.41, 5.74) is 2.30. The fraction of sp³-hybridized carbons (Fsp3) is 0.500. The Balaban J connectivity index is 1.55. The predicted molar refractivity (Wildman–Crippen MR) is 126 cm³/mol. The average molecular weight is 426 g/mol. The van der Waals surface area contributed by atoms with Gasteiger partial charge in [-0.2, -0.15) is 0 Å². The van der Waals surface area contributed by atoms with Gasteiger partial charge in [0.1, 0.15) is 22.0 Å². The molecular formula is C22H31N7S. The van der Waals surface area contributed by atoms with Gasteiger partial charge in [0, 0.05) is 31.4 Å². The highest BCUT2D eigenvalue weighted by molar-refractivity contribution is 7.21. The third-order valence-electron chi connectivity index (χ3n) is 5.61. The second kappa shape index (κ2) is 8.83. The van der Waals surface area contributed by atoms with E-state index in [1.165, 1.54) is 16.9 Å². The molecule has 3 aromatic rings. The predicted octanol–water partition coefficient (Wildman–Crippen LogP) is 4.13. The Labute approximate surface area is 182 Å². The summed E-state index contributed by atoms with van der Waals surface area (Å²) in [6.07, 6.45) is 2.90. The molecule has 2 atom stereocenters. The Hall–Kier alpha value is -2.29. The summed E-state index contributed by atoms with van der Waals surface area (Å²) >= 11 is 1.54. The molecule has 0 amide bonds. The maximum atomic E-state index is 4.81. The van der Waals surface area contributed by atoms with Crippen molar-refractivity contribution in [2.75, 3.05) is 23.7 Å². The van der Waals surface area contributed by atoms with E-state index in [9.17, 15) is 0 Å². The Morgan fingerprint density at radius 1 is 1.23 bits per heavy atom. The molecular weight excluding hydrogens is 394 g/mol. The molecule has 1 aliphatic rings. The number of hydrogen-bond acceptors (Lipinski definition) is 8. The van der Waals surface area contributed by atoms with E-state index in [0.29, 0.717) is 12.1 Å². The number of fused-ring (bicyclic) bond motifs is 1. The molecule has 3 aromatic heterocycles. The number of aromatic nitrogens is 3. The summed E-state index contributed by atoms with van der Waals surface area (Å²) in [6, 6.07) is 8.93. The first kappa shape index (κ1) is 21.0. The van der Waals surface area contributed by atoms with Gasteiger partial charge in [-0.1, -0.05) is 32.1 Å². The second-order valence-corrected chi connectivity index (χ2v) is 10.00. The molecule has 0 spiro atoms. The zero-order valence-electron chi connectivity index (χ0n) is 18.1. The summed E-state index contributed by atoms with van der Waals surface area (Å²) in [5.74, 6) is 1.69. The summed E-state index contributed by atoms with van der Waals surface area (Å²) < 4.78 is 0. The molecule has 0 aliphatic carbocycles. The molecule has 0 aromatic carbocycles. The zero-order valence-corrected chi connectivity index (χ0v) is 18.9. The molecule has 30 heavy (non-hydrogen) atoms. The Bertz CT molecular complexity index is 956. The maximum absolute atomic E-state index is 4.81. The van der Waals surface area contributed by atoms with Crippen LogP contribution in [0, 0.1) is 5.41 Å². The quantitative estimate of drug-likeness (QED) is 0.453. The SMILES string of the molecule is CC(NCc1cc(Nc2nc3cccnc3s2)nc(NC2CCNC2)c1)C(C)(C)C. The van der Waals surface area contributed by atoms with Gasteiger partial charge in [-0.3, -0.25) is 0 Å². The first-order valence-corrected chi connectivity index (χ1v) is 11.4. The van der Waals surface area contributed by atoms with Gasteiger partial charge in [0.2, 0.25) is 0 Å². The monoisotopic (exact) mass is 425 g/mol. The largest absolute Gasteiger partial charge is 0.366 e. The third kappa shape index (κ3) is 5.24. The fourth-order valence-corrected chi connectivity index (χ4v) is 4.14. The van der Waals surface area contributed by atoms with Crippen LogP contribution in [0.2, 0.25) is 0 Å². The fourth-order valence-electron chi connectivity index (χ4n) is 3.32. The van der Waals surface area contributed by atoms with Crippen LogP contribution in [-0.4, -0.2) is 40.1 Å². The van der Waals surface area contributed by atoms with E-state index in [-0.39, 0.29) is 5.41 Å². The molecule has 1 saturated heterocycles. The first-order chi connectivity index (χ1) is 14.4. The van der Waals surface area contributed by atoms with Gasteiger partial charge in [0.25, 0.3) is 0 Å². The minimum absolute atomic E-state index is 0.207. The van der Waals surface area contributed by atoms with Crippen molar-refractivity contribution >= 4 is 38.5 Å². The third-order valence-corrected chi connectivity index (χ3v) is 6.50. The topological polar surface area (TPSA) is 86.8 Å². The van der Waals surface area contributed by atoms with Crippen LogP contribution in [0.1, 0.15) is 39.7 Å². The summed E-state index contributed by atoms with van der Waals surface area (Å²) in [4.78, 5) is 14.8. The van der Waals surface area contributed by atoms with Crippen molar-refractivity contribution in [3.8, 4) is 0 Å². The van der Waals surface area contributed by atoms with Crippen LogP contribution in [0.3, 0.4) is 0 Å². The molecule has 4 heterocycles. The standard InChI is InChI=1S/C22H31N7S/c1-14(22(2,3)4)25-12-15-10-18(26-16-7-9-23-13-16)28-19(11-15)29-21-27-17-6-5-8-24-20(17)30-21/h5-6,8,10-11,14,16,23,25H,7,9,12-13H2,1-4H3,(H2,26,27,28,29). The highest BCUT2D eigenvalue weighted by Gasteiger charge is 2.20. The second-order valence-electron chi connectivity index (χ2n) is 9.02. The average Bonchev–Trinajstić information content (AvgIpc) is 3.34. The first-order valence-electron chi connectivity index (χ1n) is 10.6. The Morgan fingerprint density at radius 2 is 2.07 bits per heavy atom. The van der Waals surface area contributed by atoms with Gasteiger partial charge >= 0.3 is 0 Å². The zero-order chi connectivity index (χ0) is 21.1. The lowest BCUT2D eigenvalue weighted by Crippen LogP contribution is -2.37. The van der Waals surface area contributed by atoms with Crippen LogP contribution in [0.15, 0.2) is 30.5 Å². The molecule has 2 unspecified atom stereocenters. The van der Waals surface area contributed by atoms with E-state index in [1.807, 2.05) is 12.1 Å². The molecule has 0 bridgehead atoms. The lowest BCUT2D eigenvalue weighted by Gasteiger charge is -2.28. The van der Waals surface area contributed by atoms with E-state index < -0.39 is 0 Å². The summed E-state index contributed by atoms with van der Waals surface area (Å²) in [7, 11) is 0. The van der Waals surface area contributed by atoms with Crippen molar-refractivity contribution in [2.24, 2.45) is 5.41 Å².